The van der Waals surface area contributed by atoms with Gasteiger partial charge in [-0.1, -0.05) is 6.07 Å². The summed E-state index contributed by atoms with van der Waals surface area (Å²) in [5, 5.41) is 21.9. The van der Waals surface area contributed by atoms with Crippen molar-refractivity contribution in [2.24, 2.45) is 0 Å². The van der Waals surface area contributed by atoms with Crippen molar-refractivity contribution in [1.29, 1.82) is 5.26 Å². The molecule has 1 aromatic rings. The van der Waals surface area contributed by atoms with E-state index in [-0.39, 0.29) is 6.03 Å². The summed E-state index contributed by atoms with van der Waals surface area (Å²) in [4.78, 5) is 11.2. The van der Waals surface area contributed by atoms with Gasteiger partial charge in [-0.05, 0) is 12.1 Å². The van der Waals surface area contributed by atoms with Gasteiger partial charge in [0.05, 0.1) is 11.4 Å². The molecule has 0 aliphatic carbocycles. The Morgan fingerprint density at radius 3 is 3.00 bits per heavy atom. The average Bonchev–Trinajstić information content (AvgIpc) is 2.73. The number of nitrogens with zero attached hydrogens (tertiary/aromatic N) is 3. The van der Waals surface area contributed by atoms with Gasteiger partial charge in [-0.2, -0.15) is 5.26 Å². The van der Waals surface area contributed by atoms with Gasteiger partial charge < -0.3 is 10.6 Å². The second-order valence-corrected chi connectivity index (χ2v) is 3.14. The predicted molar refractivity (Wildman–Crippen MR) is 57.5 cm³/mol. The summed E-state index contributed by atoms with van der Waals surface area (Å²) in [5.74, 6) is 0. The number of carbonyl (C=O) groups is 1. The first-order valence-electron chi connectivity index (χ1n) is 4.67. The van der Waals surface area contributed by atoms with Crippen molar-refractivity contribution in [3.63, 3.8) is 0 Å². The molecule has 0 saturated heterocycles. The number of para-hydroxylation sites is 1. The molecule has 0 spiro atoms. The molecule has 1 aliphatic rings. The third kappa shape index (κ3) is 1.70. The first-order chi connectivity index (χ1) is 7.74. The Hall–Kier alpha value is -2.42. The molecule has 1 unspecified atom stereocenters. The number of rotatable bonds is 1. The van der Waals surface area contributed by atoms with Crippen LogP contribution in [-0.4, -0.2) is 19.2 Å². The van der Waals surface area contributed by atoms with E-state index < -0.39 is 6.17 Å². The fourth-order valence-corrected chi connectivity index (χ4v) is 1.40. The highest BCUT2D eigenvalue weighted by Gasteiger charge is 2.25. The zero-order valence-electron chi connectivity index (χ0n) is 8.56. The molecular weight excluding hydrogens is 206 g/mol. The minimum atomic E-state index is -0.706. The van der Waals surface area contributed by atoms with Crippen molar-refractivity contribution in [3.8, 4) is 6.07 Å². The molecule has 1 atom stereocenters. The Morgan fingerprint density at radius 2 is 2.31 bits per heavy atom. The van der Waals surface area contributed by atoms with E-state index in [0.29, 0.717) is 17.1 Å². The molecule has 2 rings (SSSR count). The van der Waals surface area contributed by atoms with Gasteiger partial charge in [0.1, 0.15) is 11.8 Å². The normalized spacial score (nSPS) is 16.4. The van der Waals surface area contributed by atoms with Crippen LogP contribution in [-0.2, 0) is 0 Å². The number of hydrogen-bond acceptors (Lipinski definition) is 2. The Kier molecular flexibility index (Phi) is 2.52. The quantitative estimate of drug-likeness (QED) is 0.724. The van der Waals surface area contributed by atoms with Crippen molar-refractivity contribution >= 4 is 23.1 Å². The first kappa shape index (κ1) is 10.1. The van der Waals surface area contributed by atoms with E-state index in [4.69, 9.17) is 5.26 Å². The maximum Gasteiger partial charge on any atom is 0.319 e. The van der Waals surface area contributed by atoms with Crippen LogP contribution in [0.1, 0.15) is 0 Å². The third-order valence-corrected chi connectivity index (χ3v) is 2.12. The Bertz CT molecular complexity index is 465. The molecule has 2 N–H and O–H groups in total. The molecule has 16 heavy (non-hydrogen) atoms. The summed E-state index contributed by atoms with van der Waals surface area (Å²) in [6.07, 6.45) is -0.706. The molecule has 6 nitrogen and oxygen atoms in total. The van der Waals surface area contributed by atoms with Crippen LogP contribution in [0.4, 0.5) is 21.9 Å². The minimum absolute atomic E-state index is 0.330. The van der Waals surface area contributed by atoms with E-state index in [9.17, 15) is 4.79 Å². The maximum atomic E-state index is 11.2. The van der Waals surface area contributed by atoms with E-state index in [1.54, 1.807) is 18.2 Å². The number of nitriles is 1. The van der Waals surface area contributed by atoms with Crippen molar-refractivity contribution in [3.05, 3.63) is 18.2 Å². The molecule has 0 aromatic heterocycles. The fourth-order valence-electron chi connectivity index (χ4n) is 1.40. The first-order valence-corrected chi connectivity index (χ1v) is 4.67. The van der Waals surface area contributed by atoms with Crippen LogP contribution in [0, 0.1) is 11.3 Å². The molecule has 2 amide bonds. The zero-order valence-corrected chi connectivity index (χ0v) is 8.56. The van der Waals surface area contributed by atoms with Gasteiger partial charge in [0.2, 0.25) is 6.17 Å². The van der Waals surface area contributed by atoms with Gasteiger partial charge in [0.25, 0.3) is 0 Å². The molecule has 1 heterocycles. The fraction of sp³-hybridized carbons (Fsp3) is 0.200. The van der Waals surface area contributed by atoms with Crippen LogP contribution in [0.2, 0.25) is 0 Å². The van der Waals surface area contributed by atoms with E-state index in [1.165, 1.54) is 7.05 Å². The van der Waals surface area contributed by atoms with E-state index >= 15 is 0 Å². The van der Waals surface area contributed by atoms with Gasteiger partial charge in [0.15, 0.2) is 0 Å². The lowest BCUT2D eigenvalue weighted by molar-refractivity contribution is 0.254. The lowest BCUT2D eigenvalue weighted by Gasteiger charge is -2.07. The van der Waals surface area contributed by atoms with Crippen molar-refractivity contribution < 1.29 is 4.79 Å². The van der Waals surface area contributed by atoms with Crippen LogP contribution in [0.15, 0.2) is 18.2 Å². The number of hydrogen-bond donors (Lipinski definition) is 2. The number of urea groups is 1. The third-order valence-electron chi connectivity index (χ3n) is 2.12. The van der Waals surface area contributed by atoms with Crippen LogP contribution >= 0.6 is 0 Å². The average molecular weight is 215 g/mol. The summed E-state index contributed by atoms with van der Waals surface area (Å²) >= 11 is 0. The highest BCUT2D eigenvalue weighted by atomic mass is 16.2. The number of nitrogens with one attached hydrogen (secondary N) is 2. The summed E-state index contributed by atoms with van der Waals surface area (Å²) in [5.41, 5.74) is 1.73. The number of benzene rings is 1. The zero-order chi connectivity index (χ0) is 11.5. The molecular formula is C10H9N5O. The second-order valence-electron chi connectivity index (χ2n) is 3.14. The smallest absolute Gasteiger partial charge is 0.319 e. The Morgan fingerprint density at radius 1 is 1.50 bits per heavy atom. The molecule has 0 bridgehead atoms. The van der Waals surface area contributed by atoms with E-state index in [1.807, 2.05) is 6.07 Å². The molecule has 6 heteroatoms. The highest BCUT2D eigenvalue weighted by molar-refractivity contribution is 5.94. The molecule has 1 aliphatic heterocycles. The topological polar surface area (TPSA) is 93.1 Å². The molecule has 1 aromatic carbocycles. The van der Waals surface area contributed by atoms with E-state index in [2.05, 4.69) is 21.3 Å². The number of amides is 2. The van der Waals surface area contributed by atoms with E-state index in [0.717, 1.165) is 0 Å². The lowest BCUT2D eigenvalue weighted by Crippen LogP contribution is -2.25. The lowest BCUT2D eigenvalue weighted by atomic mass is 10.2. The van der Waals surface area contributed by atoms with Crippen LogP contribution in [0.25, 0.3) is 0 Å². The van der Waals surface area contributed by atoms with Gasteiger partial charge >= 0.3 is 6.03 Å². The van der Waals surface area contributed by atoms with Gasteiger partial charge in [-0.3, -0.25) is 0 Å². The van der Waals surface area contributed by atoms with Crippen LogP contribution < -0.4 is 21.3 Å². The van der Waals surface area contributed by atoms with Crippen LogP contribution in [0.3, 0.4) is 0 Å². The monoisotopic (exact) mass is 215 g/mol. The predicted octanol–water partition coefficient (Wildman–Crippen LogP) is 0.773. The summed E-state index contributed by atoms with van der Waals surface area (Å²) in [6, 6.07) is 6.84. The Balaban J connectivity index is 2.27. The standard InChI is InChI=1S/C10H9N5O/c1-12-10(16)14-7-4-2-3-6-9(7)15-8(5-11)13-6/h2-4,8H,1H3,(H2,12,14,16). The summed E-state index contributed by atoms with van der Waals surface area (Å²) in [7, 11) is 1.53. The highest BCUT2D eigenvalue weighted by Crippen LogP contribution is 2.36. The van der Waals surface area contributed by atoms with Gasteiger partial charge in [-0.15, -0.1) is 0 Å². The molecule has 80 valence electrons. The number of fused-ring (bicyclic) bond motifs is 1. The minimum Gasteiger partial charge on any atom is -0.341 e. The maximum absolute atomic E-state index is 11.2. The number of carbonyl (C=O) groups excluding carboxylic acids is 1. The SMILES string of the molecule is CNC(=O)Nc1cccc2c1[N]C(C#N)[N]2. The molecule has 2 radical (unpaired) electrons. The largest absolute Gasteiger partial charge is 0.341 e. The Labute approximate surface area is 92.6 Å². The van der Waals surface area contributed by atoms with Crippen molar-refractivity contribution in [1.82, 2.24) is 16.0 Å². The second kappa shape index (κ2) is 3.98. The number of anilines is 1. The van der Waals surface area contributed by atoms with Gasteiger partial charge in [0, 0.05) is 7.05 Å². The van der Waals surface area contributed by atoms with Gasteiger partial charge in [-0.25, -0.2) is 15.4 Å². The molecule has 0 fully saturated rings. The summed E-state index contributed by atoms with van der Waals surface area (Å²) < 4.78 is 0. The van der Waals surface area contributed by atoms with Crippen molar-refractivity contribution in [2.75, 3.05) is 12.4 Å². The van der Waals surface area contributed by atoms with Crippen LogP contribution in [0.5, 0.6) is 0 Å². The molecule has 0 saturated carbocycles. The van der Waals surface area contributed by atoms with Crippen molar-refractivity contribution in [2.45, 2.75) is 6.17 Å². The summed E-state index contributed by atoms with van der Waals surface area (Å²) in [6.45, 7) is 0.